The molecule has 0 radical (unpaired) electrons. The van der Waals surface area contributed by atoms with Crippen LogP contribution in [0.5, 0.6) is 0 Å². The minimum absolute atomic E-state index is 0.138. The molecule has 0 aliphatic rings. The van der Waals surface area contributed by atoms with E-state index >= 15 is 0 Å². The summed E-state index contributed by atoms with van der Waals surface area (Å²) >= 11 is 6.07. The standard InChI is InChI=1S/C22H23ClN4O4/c23-17-9-3-1-7-15(17)13-25-20(29)11-5-6-12-26-21(30)16-8-2-4-10-18(16)27(22(26)31)14-19(24)28/h1-4,7-10H,5-6,11-14H2,(H2,24,28)(H,25,29). The van der Waals surface area contributed by atoms with Crippen LogP contribution >= 0.6 is 11.6 Å². The fraction of sp³-hybridized carbons (Fsp3) is 0.273. The smallest absolute Gasteiger partial charge is 0.331 e. The first-order valence-electron chi connectivity index (χ1n) is 9.89. The Balaban J connectivity index is 1.64. The van der Waals surface area contributed by atoms with Gasteiger partial charge in [0.05, 0.1) is 10.9 Å². The number of halogens is 1. The predicted molar refractivity (Wildman–Crippen MR) is 119 cm³/mol. The van der Waals surface area contributed by atoms with E-state index in [9.17, 15) is 19.2 Å². The number of fused-ring (bicyclic) bond motifs is 1. The Morgan fingerprint density at radius 3 is 2.42 bits per heavy atom. The number of benzene rings is 2. The van der Waals surface area contributed by atoms with Gasteiger partial charge in [0.25, 0.3) is 5.56 Å². The van der Waals surface area contributed by atoms with Gasteiger partial charge < -0.3 is 11.1 Å². The number of hydrogen-bond donors (Lipinski definition) is 2. The van der Waals surface area contributed by atoms with E-state index in [0.717, 1.165) is 10.1 Å². The van der Waals surface area contributed by atoms with Crippen LogP contribution in [0.15, 0.2) is 58.1 Å². The van der Waals surface area contributed by atoms with Crippen molar-refractivity contribution in [3.05, 3.63) is 80.0 Å². The summed E-state index contributed by atoms with van der Waals surface area (Å²) < 4.78 is 2.29. The van der Waals surface area contributed by atoms with Crippen LogP contribution in [-0.2, 0) is 29.2 Å². The number of nitrogens with two attached hydrogens (primary N) is 1. The Hall–Kier alpha value is -3.39. The molecule has 162 valence electrons. The van der Waals surface area contributed by atoms with Crippen LogP contribution in [0.3, 0.4) is 0 Å². The average molecular weight is 443 g/mol. The van der Waals surface area contributed by atoms with Crippen molar-refractivity contribution in [2.24, 2.45) is 5.73 Å². The van der Waals surface area contributed by atoms with Crippen LogP contribution in [0.4, 0.5) is 0 Å². The number of para-hydroxylation sites is 1. The van der Waals surface area contributed by atoms with Crippen molar-refractivity contribution in [3.8, 4) is 0 Å². The number of aromatic nitrogens is 2. The Labute approximate surface area is 183 Å². The first-order chi connectivity index (χ1) is 14.9. The summed E-state index contributed by atoms with van der Waals surface area (Å²) in [6.07, 6.45) is 1.19. The molecule has 1 heterocycles. The van der Waals surface area contributed by atoms with Gasteiger partial charge in [0.15, 0.2) is 0 Å². The van der Waals surface area contributed by atoms with E-state index in [1.165, 1.54) is 4.57 Å². The van der Waals surface area contributed by atoms with Gasteiger partial charge >= 0.3 is 5.69 Å². The van der Waals surface area contributed by atoms with E-state index in [1.54, 1.807) is 30.3 Å². The molecular weight excluding hydrogens is 420 g/mol. The first-order valence-corrected chi connectivity index (χ1v) is 10.3. The molecule has 0 bridgehead atoms. The summed E-state index contributed by atoms with van der Waals surface area (Å²) in [6.45, 7) is 0.156. The zero-order chi connectivity index (χ0) is 22.4. The fourth-order valence-electron chi connectivity index (χ4n) is 3.36. The number of nitrogens with one attached hydrogen (secondary N) is 1. The Bertz CT molecular complexity index is 1230. The van der Waals surface area contributed by atoms with Crippen molar-refractivity contribution >= 4 is 34.3 Å². The molecule has 9 heteroatoms. The van der Waals surface area contributed by atoms with E-state index in [-0.39, 0.29) is 25.4 Å². The molecule has 8 nitrogen and oxygen atoms in total. The highest BCUT2D eigenvalue weighted by Gasteiger charge is 2.14. The molecule has 0 atom stereocenters. The Morgan fingerprint density at radius 1 is 0.968 bits per heavy atom. The minimum atomic E-state index is -0.673. The number of rotatable bonds is 9. The van der Waals surface area contributed by atoms with Gasteiger partial charge in [-0.2, -0.15) is 0 Å². The van der Waals surface area contributed by atoms with Crippen molar-refractivity contribution in [2.75, 3.05) is 0 Å². The third-order valence-corrected chi connectivity index (χ3v) is 5.28. The molecule has 0 saturated carbocycles. The highest BCUT2D eigenvalue weighted by Crippen LogP contribution is 2.14. The molecule has 1 aromatic heterocycles. The van der Waals surface area contributed by atoms with Gasteiger partial charge in [0, 0.05) is 24.5 Å². The third-order valence-electron chi connectivity index (χ3n) is 4.92. The van der Waals surface area contributed by atoms with Gasteiger partial charge in [-0.05, 0) is 36.6 Å². The monoisotopic (exact) mass is 442 g/mol. The molecule has 2 amide bonds. The summed E-state index contributed by atoms with van der Waals surface area (Å²) in [5.74, 6) is -0.815. The maximum atomic E-state index is 12.8. The summed E-state index contributed by atoms with van der Waals surface area (Å²) in [6, 6.07) is 13.9. The minimum Gasteiger partial charge on any atom is -0.368 e. The maximum absolute atomic E-state index is 12.8. The molecule has 31 heavy (non-hydrogen) atoms. The van der Waals surface area contributed by atoms with E-state index < -0.39 is 17.2 Å². The normalized spacial score (nSPS) is 10.9. The fourth-order valence-corrected chi connectivity index (χ4v) is 3.56. The predicted octanol–water partition coefficient (Wildman–Crippen LogP) is 1.79. The molecule has 3 aromatic rings. The number of unbranched alkanes of at least 4 members (excludes halogenated alkanes) is 1. The second kappa shape index (κ2) is 10.1. The Morgan fingerprint density at radius 2 is 1.68 bits per heavy atom. The molecular formula is C22H23ClN4O4. The van der Waals surface area contributed by atoms with Crippen LogP contribution in [0.2, 0.25) is 5.02 Å². The average Bonchev–Trinajstić information content (AvgIpc) is 2.75. The van der Waals surface area contributed by atoms with Crippen LogP contribution in [0.25, 0.3) is 10.9 Å². The molecule has 0 spiro atoms. The van der Waals surface area contributed by atoms with E-state index in [4.69, 9.17) is 17.3 Å². The van der Waals surface area contributed by atoms with Crippen molar-refractivity contribution in [2.45, 2.75) is 38.9 Å². The summed E-state index contributed by atoms with van der Waals surface area (Å²) in [5.41, 5.74) is 5.45. The largest absolute Gasteiger partial charge is 0.368 e. The lowest BCUT2D eigenvalue weighted by atomic mass is 10.2. The van der Waals surface area contributed by atoms with E-state index in [0.29, 0.717) is 35.3 Å². The zero-order valence-electron chi connectivity index (χ0n) is 16.8. The summed E-state index contributed by atoms with van der Waals surface area (Å²) in [4.78, 5) is 49.0. The van der Waals surface area contributed by atoms with Gasteiger partial charge in [0.2, 0.25) is 11.8 Å². The van der Waals surface area contributed by atoms with Crippen LogP contribution in [0, 0.1) is 0 Å². The van der Waals surface area contributed by atoms with Crippen LogP contribution < -0.4 is 22.3 Å². The van der Waals surface area contributed by atoms with E-state index in [2.05, 4.69) is 5.32 Å². The van der Waals surface area contributed by atoms with Crippen LogP contribution in [0.1, 0.15) is 24.8 Å². The Kier molecular flexibility index (Phi) is 7.25. The molecule has 0 aliphatic carbocycles. The molecule has 0 unspecified atom stereocenters. The second-order valence-electron chi connectivity index (χ2n) is 7.13. The zero-order valence-corrected chi connectivity index (χ0v) is 17.6. The van der Waals surface area contributed by atoms with E-state index in [1.807, 2.05) is 18.2 Å². The number of hydrogen-bond acceptors (Lipinski definition) is 4. The number of carbonyl (C=O) groups excluding carboxylic acids is 2. The van der Waals surface area contributed by atoms with Gasteiger partial charge in [0.1, 0.15) is 6.54 Å². The van der Waals surface area contributed by atoms with Gasteiger partial charge in [-0.15, -0.1) is 0 Å². The third kappa shape index (κ3) is 5.40. The highest BCUT2D eigenvalue weighted by atomic mass is 35.5. The molecule has 3 rings (SSSR count). The van der Waals surface area contributed by atoms with Crippen molar-refractivity contribution in [1.29, 1.82) is 0 Å². The van der Waals surface area contributed by atoms with Gasteiger partial charge in [-0.1, -0.05) is 41.9 Å². The van der Waals surface area contributed by atoms with Crippen molar-refractivity contribution < 1.29 is 9.59 Å². The summed E-state index contributed by atoms with van der Waals surface area (Å²) in [7, 11) is 0. The number of carbonyl (C=O) groups is 2. The molecule has 2 aromatic carbocycles. The lowest BCUT2D eigenvalue weighted by Crippen LogP contribution is -2.42. The van der Waals surface area contributed by atoms with Crippen LogP contribution in [-0.4, -0.2) is 20.9 Å². The van der Waals surface area contributed by atoms with Gasteiger partial charge in [-0.3, -0.25) is 23.5 Å². The molecule has 0 saturated heterocycles. The molecule has 3 N–H and O–H groups in total. The highest BCUT2D eigenvalue weighted by molar-refractivity contribution is 6.31. The second-order valence-corrected chi connectivity index (χ2v) is 7.54. The van der Waals surface area contributed by atoms with Crippen molar-refractivity contribution in [1.82, 2.24) is 14.5 Å². The quantitative estimate of drug-likeness (QED) is 0.491. The maximum Gasteiger partial charge on any atom is 0.331 e. The topological polar surface area (TPSA) is 116 Å². The lowest BCUT2D eigenvalue weighted by Gasteiger charge is -2.13. The van der Waals surface area contributed by atoms with Gasteiger partial charge in [-0.25, -0.2) is 4.79 Å². The first kappa shape index (κ1) is 22.3. The number of primary amides is 1. The number of amides is 2. The molecule has 0 aliphatic heterocycles. The summed E-state index contributed by atoms with van der Waals surface area (Å²) in [5, 5.41) is 3.73. The molecule has 0 fully saturated rings. The van der Waals surface area contributed by atoms with Crippen molar-refractivity contribution in [3.63, 3.8) is 0 Å². The lowest BCUT2D eigenvalue weighted by molar-refractivity contribution is -0.121. The number of nitrogens with zero attached hydrogens (tertiary/aromatic N) is 2. The SMILES string of the molecule is NC(=O)Cn1c(=O)n(CCCCC(=O)NCc2ccccc2Cl)c(=O)c2ccccc21.